The van der Waals surface area contributed by atoms with Crippen LogP contribution in [0.2, 0.25) is 0 Å². The second-order valence-corrected chi connectivity index (χ2v) is 7.79. The molecule has 5 rings (SSSR count). The Morgan fingerprint density at radius 3 is 2.59 bits per heavy atom. The number of ether oxygens (including phenoxy) is 1. The van der Waals surface area contributed by atoms with E-state index in [1.165, 1.54) is 0 Å². The van der Waals surface area contributed by atoms with Gasteiger partial charge in [0.15, 0.2) is 0 Å². The largest absolute Gasteiger partial charge is 0.378 e. The Hall–Kier alpha value is -3.78. The van der Waals surface area contributed by atoms with Crippen molar-refractivity contribution < 1.29 is 9.53 Å². The number of fused-ring (bicyclic) bond motifs is 1. The van der Waals surface area contributed by atoms with E-state index < -0.39 is 0 Å². The molecule has 0 saturated carbocycles. The van der Waals surface area contributed by atoms with Gasteiger partial charge in [0.25, 0.3) is 5.91 Å². The molecule has 1 aliphatic rings. The number of aromatic nitrogens is 4. The van der Waals surface area contributed by atoms with Gasteiger partial charge in [-0.1, -0.05) is 30.3 Å². The van der Waals surface area contributed by atoms with Crippen LogP contribution in [0.25, 0.3) is 22.2 Å². The summed E-state index contributed by atoms with van der Waals surface area (Å²) < 4.78 is 5.45. The molecule has 8 nitrogen and oxygen atoms in total. The van der Waals surface area contributed by atoms with Crippen LogP contribution in [0.5, 0.6) is 0 Å². The second kappa shape index (κ2) is 8.76. The van der Waals surface area contributed by atoms with Crippen LogP contribution in [0.1, 0.15) is 29.1 Å². The van der Waals surface area contributed by atoms with Gasteiger partial charge in [0.05, 0.1) is 31.1 Å². The van der Waals surface area contributed by atoms with Gasteiger partial charge in [0, 0.05) is 48.2 Å². The topological polar surface area (TPSA) is 96.0 Å². The fraction of sp³-hybridized carbons (Fsp3) is 0.250. The highest BCUT2D eigenvalue weighted by Crippen LogP contribution is 2.30. The smallest absolute Gasteiger partial charge is 0.289 e. The van der Waals surface area contributed by atoms with Crippen LogP contribution in [0.4, 0.5) is 5.69 Å². The van der Waals surface area contributed by atoms with E-state index in [0.29, 0.717) is 0 Å². The van der Waals surface area contributed by atoms with Crippen molar-refractivity contribution in [3.05, 3.63) is 72.6 Å². The van der Waals surface area contributed by atoms with E-state index >= 15 is 0 Å². The summed E-state index contributed by atoms with van der Waals surface area (Å²) in [6.45, 7) is 5.08. The van der Waals surface area contributed by atoms with Gasteiger partial charge in [0.2, 0.25) is 5.82 Å². The first-order chi connectivity index (χ1) is 15.7. The van der Waals surface area contributed by atoms with E-state index in [0.717, 1.165) is 59.7 Å². The van der Waals surface area contributed by atoms with E-state index in [4.69, 9.17) is 4.74 Å². The number of aromatic amines is 1. The molecular weight excluding hydrogens is 404 g/mol. The Kier molecular flexibility index (Phi) is 5.51. The Balaban J connectivity index is 1.36. The number of hydrogen-bond donors (Lipinski definition) is 2. The molecule has 4 aromatic rings. The molecule has 1 fully saturated rings. The summed E-state index contributed by atoms with van der Waals surface area (Å²) in [4.78, 5) is 31.3. The maximum Gasteiger partial charge on any atom is 0.289 e. The van der Waals surface area contributed by atoms with Crippen LogP contribution in [0.3, 0.4) is 0 Å². The van der Waals surface area contributed by atoms with E-state index in [1.807, 2.05) is 49.6 Å². The minimum absolute atomic E-state index is 0.134. The van der Waals surface area contributed by atoms with Crippen LogP contribution < -0.4 is 10.2 Å². The van der Waals surface area contributed by atoms with Crippen LogP contribution in [-0.4, -0.2) is 52.1 Å². The highest BCUT2D eigenvalue weighted by atomic mass is 16.5. The van der Waals surface area contributed by atoms with Gasteiger partial charge in [-0.25, -0.2) is 15.0 Å². The van der Waals surface area contributed by atoms with Gasteiger partial charge in [-0.2, -0.15) is 0 Å². The summed E-state index contributed by atoms with van der Waals surface area (Å²) in [7, 11) is 0. The number of benzene rings is 1. The number of amides is 1. The Morgan fingerprint density at radius 2 is 1.84 bits per heavy atom. The van der Waals surface area contributed by atoms with Gasteiger partial charge >= 0.3 is 0 Å². The second-order valence-electron chi connectivity index (χ2n) is 7.79. The number of nitrogens with zero attached hydrogens (tertiary/aromatic N) is 4. The fourth-order valence-corrected chi connectivity index (χ4v) is 3.90. The molecule has 0 spiro atoms. The van der Waals surface area contributed by atoms with Gasteiger partial charge in [0.1, 0.15) is 5.65 Å². The van der Waals surface area contributed by atoms with Crippen LogP contribution in [0, 0.1) is 0 Å². The third-order valence-electron chi connectivity index (χ3n) is 5.71. The number of rotatable bonds is 5. The lowest BCUT2D eigenvalue weighted by Gasteiger charge is -2.28. The average Bonchev–Trinajstić information content (AvgIpc) is 3.28. The van der Waals surface area contributed by atoms with Crippen LogP contribution in [-0.2, 0) is 4.74 Å². The van der Waals surface area contributed by atoms with E-state index in [1.54, 1.807) is 12.4 Å². The van der Waals surface area contributed by atoms with E-state index in [2.05, 4.69) is 36.2 Å². The Bertz CT molecular complexity index is 1220. The molecule has 2 N–H and O–H groups in total. The highest BCUT2D eigenvalue weighted by molar-refractivity contribution is 5.95. The van der Waals surface area contributed by atoms with Gasteiger partial charge in [-0.15, -0.1) is 0 Å². The lowest BCUT2D eigenvalue weighted by atomic mass is 10.1. The van der Waals surface area contributed by atoms with Crippen molar-refractivity contribution >= 4 is 22.6 Å². The number of carbonyl (C=O) groups excluding carboxylic acids is 1. The summed E-state index contributed by atoms with van der Waals surface area (Å²) >= 11 is 0. The quantitative estimate of drug-likeness (QED) is 0.506. The van der Waals surface area contributed by atoms with Crippen molar-refractivity contribution in [3.8, 4) is 11.1 Å². The molecule has 1 unspecified atom stereocenters. The third kappa shape index (κ3) is 4.04. The number of morpholine rings is 1. The maximum atomic E-state index is 12.6. The number of H-pyrrole nitrogens is 1. The minimum atomic E-state index is -0.303. The maximum absolute atomic E-state index is 12.6. The first-order valence-electron chi connectivity index (χ1n) is 10.7. The lowest BCUT2D eigenvalue weighted by Crippen LogP contribution is -2.36. The van der Waals surface area contributed by atoms with Crippen molar-refractivity contribution in [2.45, 2.75) is 13.0 Å². The summed E-state index contributed by atoms with van der Waals surface area (Å²) in [5.41, 5.74) is 4.67. The minimum Gasteiger partial charge on any atom is -0.378 e. The standard InChI is InChI=1S/C24H24N6O2/c1-16(17-5-3-2-4-6-17)29-24(31)23-25-12-18(13-26-23)21-15-28-22-20(21)11-19(14-27-22)30-7-9-32-10-8-30/h2-6,11-16H,7-10H2,1H3,(H,27,28)(H,29,31). The predicted octanol–water partition coefficient (Wildman–Crippen LogP) is 3.35. The van der Waals surface area contributed by atoms with Gasteiger partial charge in [-0.3, -0.25) is 4.79 Å². The van der Waals surface area contributed by atoms with Crippen molar-refractivity contribution in [2.75, 3.05) is 31.2 Å². The molecule has 32 heavy (non-hydrogen) atoms. The number of pyridine rings is 1. The Morgan fingerprint density at radius 1 is 1.09 bits per heavy atom. The SMILES string of the molecule is CC(NC(=O)c1ncc(-c2c[nH]c3ncc(N4CCOCC4)cc23)cn1)c1ccccc1. The first kappa shape index (κ1) is 20.1. The molecule has 162 valence electrons. The van der Waals surface area contributed by atoms with Crippen molar-refractivity contribution in [2.24, 2.45) is 0 Å². The van der Waals surface area contributed by atoms with Gasteiger partial charge in [-0.05, 0) is 18.6 Å². The predicted molar refractivity (Wildman–Crippen MR) is 122 cm³/mol. The van der Waals surface area contributed by atoms with Crippen molar-refractivity contribution in [1.29, 1.82) is 0 Å². The zero-order valence-electron chi connectivity index (χ0n) is 17.8. The van der Waals surface area contributed by atoms with E-state index in [9.17, 15) is 4.79 Å². The molecule has 0 aliphatic carbocycles. The number of nitrogens with one attached hydrogen (secondary N) is 2. The zero-order chi connectivity index (χ0) is 21.9. The molecule has 0 bridgehead atoms. The summed E-state index contributed by atoms with van der Waals surface area (Å²) in [6, 6.07) is 11.8. The lowest BCUT2D eigenvalue weighted by molar-refractivity contribution is 0.0929. The monoisotopic (exact) mass is 428 g/mol. The molecule has 1 aromatic carbocycles. The number of hydrogen-bond acceptors (Lipinski definition) is 6. The molecule has 0 radical (unpaired) electrons. The molecule has 3 aromatic heterocycles. The molecule has 1 amide bonds. The Labute approximate surface area is 185 Å². The summed E-state index contributed by atoms with van der Waals surface area (Å²) in [6.07, 6.45) is 7.14. The molecule has 1 atom stereocenters. The molecule has 8 heteroatoms. The molecule has 1 saturated heterocycles. The van der Waals surface area contributed by atoms with Crippen LogP contribution in [0.15, 0.2) is 61.2 Å². The summed E-state index contributed by atoms with van der Waals surface area (Å²) in [5, 5.41) is 3.94. The van der Waals surface area contributed by atoms with Gasteiger partial charge < -0.3 is 19.9 Å². The number of anilines is 1. The zero-order valence-corrected chi connectivity index (χ0v) is 17.8. The number of carbonyl (C=O) groups is 1. The average molecular weight is 428 g/mol. The highest BCUT2D eigenvalue weighted by Gasteiger charge is 2.17. The first-order valence-corrected chi connectivity index (χ1v) is 10.7. The van der Waals surface area contributed by atoms with Crippen molar-refractivity contribution in [3.63, 3.8) is 0 Å². The normalized spacial score (nSPS) is 15.0. The fourth-order valence-electron chi connectivity index (χ4n) is 3.90. The molecule has 4 heterocycles. The molecule has 1 aliphatic heterocycles. The van der Waals surface area contributed by atoms with Crippen LogP contribution >= 0.6 is 0 Å². The van der Waals surface area contributed by atoms with Crippen molar-refractivity contribution in [1.82, 2.24) is 25.3 Å². The molecular formula is C24H24N6O2. The van der Waals surface area contributed by atoms with E-state index in [-0.39, 0.29) is 17.8 Å². The third-order valence-corrected chi connectivity index (χ3v) is 5.71. The summed E-state index contributed by atoms with van der Waals surface area (Å²) in [5.74, 6) is -0.161.